The number of benzene rings is 3. The fourth-order valence-corrected chi connectivity index (χ4v) is 6.65. The van der Waals surface area contributed by atoms with Crippen molar-refractivity contribution in [2.24, 2.45) is 4.99 Å². The lowest BCUT2D eigenvalue weighted by molar-refractivity contribution is -0.386. The number of thiazole rings is 1. The Labute approximate surface area is 283 Å². The minimum atomic E-state index is -0.879. The number of ether oxygens (including phenoxy) is 4. The van der Waals surface area contributed by atoms with Crippen LogP contribution in [0.3, 0.4) is 0 Å². The molecule has 0 spiro atoms. The van der Waals surface area contributed by atoms with E-state index in [0.29, 0.717) is 45.1 Å². The molecule has 0 bridgehead atoms. The summed E-state index contributed by atoms with van der Waals surface area (Å²) in [7, 11) is 1.26. The number of nitro groups is 1. The molecule has 46 heavy (non-hydrogen) atoms. The molecule has 14 heteroatoms. The number of nitrogens with zero attached hydrogens (tertiary/aromatic N) is 3. The quantitative estimate of drug-likeness (QED) is 0.106. The number of esters is 1. The summed E-state index contributed by atoms with van der Waals surface area (Å²) in [6.07, 6.45) is 2.93. The van der Waals surface area contributed by atoms with Crippen molar-refractivity contribution in [1.82, 2.24) is 4.57 Å². The molecule has 0 unspecified atom stereocenters. The molecule has 0 fully saturated rings. The molecule has 1 atom stereocenters. The van der Waals surface area contributed by atoms with Gasteiger partial charge in [0, 0.05) is 16.7 Å². The van der Waals surface area contributed by atoms with Gasteiger partial charge in [0.1, 0.15) is 6.61 Å². The van der Waals surface area contributed by atoms with Gasteiger partial charge in [-0.05, 0) is 82.9 Å². The Morgan fingerprint density at radius 3 is 2.43 bits per heavy atom. The zero-order valence-electron chi connectivity index (χ0n) is 24.8. The Hall–Kier alpha value is -4.27. The van der Waals surface area contributed by atoms with Gasteiger partial charge in [-0.2, -0.15) is 0 Å². The fourth-order valence-electron chi connectivity index (χ4n) is 4.84. The standard InChI is InChI=1S/C32H27Br2N3O8S/c1-4-43-25-11-8-20(15-26(25)44-5-2)28-22(31(39)42-3)16-35-32-36(28)30(38)27(46-32)14-19-12-23(34)29(24(13-19)37(40)41)45-17-18-6-9-21(33)10-7-18/h6-16,28H,4-5,17H2,1-3H3/b27-14+/t28-/m1/s1. The van der Waals surface area contributed by atoms with Crippen LogP contribution in [-0.4, -0.2) is 35.8 Å². The molecule has 2 heterocycles. The topological polar surface area (TPSA) is 131 Å². The molecule has 11 nitrogen and oxygen atoms in total. The predicted molar refractivity (Wildman–Crippen MR) is 179 cm³/mol. The number of carbonyl (C=O) groups excluding carboxylic acids is 1. The van der Waals surface area contributed by atoms with Crippen molar-refractivity contribution in [3.63, 3.8) is 0 Å². The number of methoxy groups -OCH3 is 1. The fraction of sp³-hybridized carbons (Fsp3) is 0.219. The van der Waals surface area contributed by atoms with Gasteiger partial charge in [-0.1, -0.05) is 45.5 Å². The Kier molecular flexibility index (Phi) is 10.4. The van der Waals surface area contributed by atoms with Gasteiger partial charge in [0.05, 0.1) is 45.9 Å². The first kappa shape index (κ1) is 33.1. The highest BCUT2D eigenvalue weighted by atomic mass is 79.9. The summed E-state index contributed by atoms with van der Waals surface area (Å²) in [6.45, 7) is 4.62. The number of hydrogen-bond acceptors (Lipinski definition) is 10. The summed E-state index contributed by atoms with van der Waals surface area (Å²) in [5, 5.41) is 12.1. The van der Waals surface area contributed by atoms with Crippen molar-refractivity contribution in [2.45, 2.75) is 26.5 Å². The highest BCUT2D eigenvalue weighted by Gasteiger charge is 2.31. The van der Waals surface area contributed by atoms with Crippen LogP contribution in [0, 0.1) is 10.1 Å². The molecule has 0 N–H and O–H groups in total. The molecule has 1 aromatic heterocycles. The monoisotopic (exact) mass is 771 g/mol. The minimum Gasteiger partial charge on any atom is -0.490 e. The Morgan fingerprint density at radius 1 is 1.04 bits per heavy atom. The minimum absolute atomic E-state index is 0.0647. The molecular weight excluding hydrogens is 746 g/mol. The molecule has 0 saturated carbocycles. The largest absolute Gasteiger partial charge is 0.490 e. The maximum absolute atomic E-state index is 14.0. The van der Waals surface area contributed by atoms with Crippen LogP contribution in [0.1, 0.15) is 36.6 Å². The number of aromatic nitrogens is 1. The maximum Gasteiger partial charge on any atom is 0.337 e. The molecular formula is C32H27Br2N3O8S. The second kappa shape index (κ2) is 14.4. The van der Waals surface area contributed by atoms with Crippen LogP contribution >= 0.6 is 43.2 Å². The van der Waals surface area contributed by atoms with Gasteiger partial charge in [0.15, 0.2) is 16.3 Å². The molecule has 0 saturated heterocycles. The van der Waals surface area contributed by atoms with Crippen molar-refractivity contribution in [3.05, 3.63) is 122 Å². The third-order valence-corrected chi connectivity index (χ3v) is 8.96. The molecule has 1 aliphatic heterocycles. The van der Waals surface area contributed by atoms with E-state index in [1.807, 2.05) is 38.1 Å². The lowest BCUT2D eigenvalue weighted by Gasteiger charge is -2.23. The number of halogens is 2. The highest BCUT2D eigenvalue weighted by molar-refractivity contribution is 9.10. The lowest BCUT2D eigenvalue weighted by atomic mass is 9.97. The van der Waals surface area contributed by atoms with E-state index in [9.17, 15) is 19.7 Å². The second-order valence-electron chi connectivity index (χ2n) is 9.77. The van der Waals surface area contributed by atoms with E-state index in [1.54, 1.807) is 30.3 Å². The molecule has 0 amide bonds. The van der Waals surface area contributed by atoms with Crippen LogP contribution in [0.25, 0.3) is 6.08 Å². The summed E-state index contributed by atoms with van der Waals surface area (Å²) >= 11 is 7.89. The average Bonchev–Trinajstić information content (AvgIpc) is 3.35. The van der Waals surface area contributed by atoms with Crippen molar-refractivity contribution in [2.75, 3.05) is 20.3 Å². The average molecular weight is 773 g/mol. The van der Waals surface area contributed by atoms with Gasteiger partial charge in [-0.25, -0.2) is 9.79 Å². The third-order valence-electron chi connectivity index (χ3n) is 6.85. The summed E-state index contributed by atoms with van der Waals surface area (Å²) in [4.78, 5) is 43.1. The van der Waals surface area contributed by atoms with Gasteiger partial charge in [0.25, 0.3) is 5.56 Å². The normalized spacial score (nSPS) is 14.2. The van der Waals surface area contributed by atoms with Crippen molar-refractivity contribution in [1.29, 1.82) is 0 Å². The van der Waals surface area contributed by atoms with Gasteiger partial charge in [-0.15, -0.1) is 0 Å². The van der Waals surface area contributed by atoms with Crippen LogP contribution in [0.15, 0.2) is 85.1 Å². The first-order chi connectivity index (χ1) is 22.1. The summed E-state index contributed by atoms with van der Waals surface area (Å²) in [5.74, 6) is 0.411. The Balaban J connectivity index is 1.58. The van der Waals surface area contributed by atoms with Gasteiger partial charge >= 0.3 is 11.7 Å². The van der Waals surface area contributed by atoms with Gasteiger partial charge < -0.3 is 18.9 Å². The molecule has 0 aliphatic carbocycles. The smallest absolute Gasteiger partial charge is 0.337 e. The molecule has 4 aromatic rings. The number of carbonyl (C=O) groups is 1. The van der Waals surface area contributed by atoms with Crippen molar-refractivity contribution in [3.8, 4) is 17.2 Å². The SMILES string of the molecule is CCOc1ccc([C@@H]2C(C(=O)OC)=CN=c3s/c(=C/c4cc(Br)c(OCc5ccc(Br)cc5)c([N+](=O)[O-])c4)c(=O)n32)cc1OCC. The number of fused-ring (bicyclic) bond motifs is 1. The number of hydrogen-bond donors (Lipinski definition) is 0. The first-order valence-electron chi connectivity index (χ1n) is 14.0. The Morgan fingerprint density at radius 2 is 1.76 bits per heavy atom. The summed E-state index contributed by atoms with van der Waals surface area (Å²) in [5.41, 5.74) is 1.24. The van der Waals surface area contributed by atoms with Crippen molar-refractivity contribution < 1.29 is 28.7 Å². The van der Waals surface area contributed by atoms with E-state index in [1.165, 1.54) is 23.9 Å². The summed E-state index contributed by atoms with van der Waals surface area (Å²) < 4.78 is 25.3. The van der Waals surface area contributed by atoms with Crippen LogP contribution in [0.5, 0.6) is 17.2 Å². The maximum atomic E-state index is 14.0. The second-order valence-corrected chi connectivity index (χ2v) is 12.6. The van der Waals surface area contributed by atoms with E-state index in [0.717, 1.165) is 21.4 Å². The number of rotatable bonds is 11. The van der Waals surface area contributed by atoms with Gasteiger partial charge in [0.2, 0.25) is 5.75 Å². The Bertz CT molecular complexity index is 2020. The van der Waals surface area contributed by atoms with Gasteiger partial charge in [-0.3, -0.25) is 19.5 Å². The summed E-state index contributed by atoms with van der Waals surface area (Å²) in [6, 6.07) is 14.7. The van der Waals surface area contributed by atoms with Crippen molar-refractivity contribution >= 4 is 60.9 Å². The third kappa shape index (κ3) is 6.93. The molecule has 1 aliphatic rings. The molecule has 3 aromatic carbocycles. The molecule has 0 radical (unpaired) electrons. The predicted octanol–water partition coefficient (Wildman–Crippen LogP) is 5.83. The van der Waals surface area contributed by atoms with E-state index >= 15 is 0 Å². The number of nitro benzene ring substituents is 1. The van der Waals surface area contributed by atoms with E-state index < -0.39 is 22.5 Å². The molecule has 238 valence electrons. The van der Waals surface area contributed by atoms with Crippen LogP contribution in [0.4, 0.5) is 5.69 Å². The zero-order valence-corrected chi connectivity index (χ0v) is 28.8. The highest BCUT2D eigenvalue weighted by Crippen LogP contribution is 2.38. The lowest BCUT2D eigenvalue weighted by Crippen LogP contribution is -2.39. The van der Waals surface area contributed by atoms with Crippen LogP contribution < -0.4 is 29.1 Å². The van der Waals surface area contributed by atoms with E-state index in [2.05, 4.69) is 36.9 Å². The first-order valence-corrected chi connectivity index (χ1v) is 16.4. The molecule has 5 rings (SSSR count). The zero-order chi connectivity index (χ0) is 33.0. The van der Waals surface area contributed by atoms with Crippen LogP contribution in [0.2, 0.25) is 0 Å². The van der Waals surface area contributed by atoms with E-state index in [-0.39, 0.29) is 28.1 Å². The van der Waals surface area contributed by atoms with E-state index in [4.69, 9.17) is 18.9 Å². The van der Waals surface area contributed by atoms with Crippen LogP contribution in [-0.2, 0) is 16.1 Å².